The van der Waals surface area contributed by atoms with Crippen molar-refractivity contribution < 1.29 is 0 Å². The van der Waals surface area contributed by atoms with Crippen molar-refractivity contribution >= 4 is 30.7 Å². The van der Waals surface area contributed by atoms with Crippen molar-refractivity contribution in [1.82, 2.24) is 10.2 Å². The summed E-state index contributed by atoms with van der Waals surface area (Å²) in [5, 5.41) is 3.40. The second-order valence-electron chi connectivity index (χ2n) is 6.37. The molecule has 0 spiro atoms. The lowest BCUT2D eigenvalue weighted by molar-refractivity contribution is 0.233. The van der Waals surface area contributed by atoms with Crippen LogP contribution >= 0.6 is 22.6 Å². The summed E-state index contributed by atoms with van der Waals surface area (Å²) in [5.41, 5.74) is 6.02. The van der Waals surface area contributed by atoms with E-state index in [1.54, 1.807) is 0 Å². The molecule has 1 aromatic carbocycles. The fraction of sp³-hybridized carbons (Fsp3) is 0.500. The van der Waals surface area contributed by atoms with Crippen LogP contribution in [-0.4, -0.2) is 39.2 Å². The molecule has 1 aliphatic rings. The molecule has 108 valence electrons. The minimum atomic E-state index is -1.30. The molecule has 0 aromatic heterocycles. The van der Waals surface area contributed by atoms with Gasteiger partial charge in [0, 0.05) is 41.9 Å². The van der Waals surface area contributed by atoms with Crippen LogP contribution in [0.15, 0.2) is 18.2 Å². The van der Waals surface area contributed by atoms with Gasteiger partial charge in [0.2, 0.25) is 0 Å². The molecule has 1 fully saturated rings. The highest BCUT2D eigenvalue weighted by Crippen LogP contribution is 2.14. The van der Waals surface area contributed by atoms with Crippen molar-refractivity contribution in [2.24, 2.45) is 0 Å². The molecular formula is C16H23IN2Si. The molecule has 0 saturated carbocycles. The third kappa shape index (κ3) is 5.56. The van der Waals surface area contributed by atoms with Gasteiger partial charge in [-0.05, 0) is 46.4 Å². The standard InChI is InChI=1S/C16H23IN2Si/c1-20(2,3)9-4-14-10-15(12-16(17)11-14)13-19-7-5-18-6-8-19/h10-12,18H,5-8,13H2,1-3H3. The SMILES string of the molecule is C[Si](C)(C)C#Cc1cc(I)cc(CN2CCNCC2)c1. The van der Waals surface area contributed by atoms with Crippen LogP contribution in [0.1, 0.15) is 11.1 Å². The Hall–Kier alpha value is -0.353. The molecule has 0 bridgehead atoms. The Morgan fingerprint density at radius 1 is 1.20 bits per heavy atom. The third-order valence-electron chi connectivity index (χ3n) is 3.16. The maximum absolute atomic E-state index is 3.46. The number of benzene rings is 1. The lowest BCUT2D eigenvalue weighted by atomic mass is 10.1. The van der Waals surface area contributed by atoms with Crippen molar-refractivity contribution in [3.05, 3.63) is 32.9 Å². The van der Waals surface area contributed by atoms with Gasteiger partial charge in [-0.1, -0.05) is 25.6 Å². The van der Waals surface area contributed by atoms with E-state index in [1.165, 1.54) is 14.7 Å². The number of nitrogens with zero attached hydrogens (tertiary/aromatic N) is 1. The molecule has 0 amide bonds. The molecule has 1 aromatic rings. The number of halogens is 1. The van der Waals surface area contributed by atoms with E-state index in [4.69, 9.17) is 0 Å². The highest BCUT2D eigenvalue weighted by molar-refractivity contribution is 14.1. The van der Waals surface area contributed by atoms with Gasteiger partial charge in [-0.25, -0.2) is 0 Å². The molecule has 0 unspecified atom stereocenters. The Bertz CT molecular complexity index is 520. The van der Waals surface area contributed by atoms with E-state index < -0.39 is 8.07 Å². The van der Waals surface area contributed by atoms with Crippen LogP contribution in [0, 0.1) is 15.0 Å². The van der Waals surface area contributed by atoms with Crippen LogP contribution in [0.4, 0.5) is 0 Å². The summed E-state index contributed by atoms with van der Waals surface area (Å²) < 4.78 is 1.29. The predicted molar refractivity (Wildman–Crippen MR) is 97.5 cm³/mol. The molecule has 4 heteroatoms. The number of piperazine rings is 1. The van der Waals surface area contributed by atoms with E-state index >= 15 is 0 Å². The maximum Gasteiger partial charge on any atom is 0.129 e. The number of hydrogen-bond acceptors (Lipinski definition) is 2. The number of rotatable bonds is 2. The Balaban J connectivity index is 2.13. The molecular weight excluding hydrogens is 375 g/mol. The van der Waals surface area contributed by atoms with Gasteiger partial charge in [0.05, 0.1) is 0 Å². The second-order valence-corrected chi connectivity index (χ2v) is 12.4. The lowest BCUT2D eigenvalue weighted by Crippen LogP contribution is -2.42. The van der Waals surface area contributed by atoms with Crippen molar-refractivity contribution in [2.75, 3.05) is 26.2 Å². The van der Waals surface area contributed by atoms with Crippen molar-refractivity contribution in [1.29, 1.82) is 0 Å². The topological polar surface area (TPSA) is 15.3 Å². The third-order valence-corrected chi connectivity index (χ3v) is 4.65. The fourth-order valence-corrected chi connectivity index (χ4v) is 3.46. The molecule has 0 aliphatic carbocycles. The molecule has 20 heavy (non-hydrogen) atoms. The highest BCUT2D eigenvalue weighted by Gasteiger charge is 2.11. The van der Waals surface area contributed by atoms with Crippen LogP contribution in [0.2, 0.25) is 19.6 Å². The van der Waals surface area contributed by atoms with Crippen LogP contribution in [0.3, 0.4) is 0 Å². The van der Waals surface area contributed by atoms with Gasteiger partial charge in [-0.3, -0.25) is 4.90 Å². The summed E-state index contributed by atoms with van der Waals surface area (Å²) in [7, 11) is -1.30. The maximum atomic E-state index is 3.46. The fourth-order valence-electron chi connectivity index (χ4n) is 2.20. The first-order chi connectivity index (χ1) is 9.42. The van der Waals surface area contributed by atoms with E-state index in [1.807, 2.05) is 0 Å². The van der Waals surface area contributed by atoms with E-state index in [-0.39, 0.29) is 0 Å². The smallest absolute Gasteiger partial charge is 0.129 e. The lowest BCUT2D eigenvalue weighted by Gasteiger charge is -2.27. The molecule has 1 N–H and O–H groups in total. The monoisotopic (exact) mass is 398 g/mol. The zero-order valence-electron chi connectivity index (χ0n) is 12.6. The van der Waals surface area contributed by atoms with E-state index in [2.05, 4.69) is 82.1 Å². The molecule has 1 saturated heterocycles. The molecule has 2 rings (SSSR count). The number of hydrogen-bond donors (Lipinski definition) is 1. The Morgan fingerprint density at radius 3 is 2.55 bits per heavy atom. The normalized spacial score (nSPS) is 16.6. The molecule has 1 heterocycles. The number of nitrogens with one attached hydrogen (secondary N) is 1. The van der Waals surface area contributed by atoms with Crippen molar-refractivity contribution in [3.8, 4) is 11.5 Å². The summed E-state index contributed by atoms with van der Waals surface area (Å²) in [6.07, 6.45) is 0. The van der Waals surface area contributed by atoms with Crippen LogP contribution in [-0.2, 0) is 6.54 Å². The average molecular weight is 398 g/mol. The molecule has 1 aliphatic heterocycles. The zero-order chi connectivity index (χ0) is 14.6. The van der Waals surface area contributed by atoms with Gasteiger partial charge in [-0.15, -0.1) is 5.54 Å². The van der Waals surface area contributed by atoms with Gasteiger partial charge in [0.1, 0.15) is 8.07 Å². The van der Waals surface area contributed by atoms with Crippen LogP contribution in [0.25, 0.3) is 0 Å². The first-order valence-corrected chi connectivity index (χ1v) is 11.8. The summed E-state index contributed by atoms with van der Waals surface area (Å²) in [4.78, 5) is 2.51. The summed E-state index contributed by atoms with van der Waals surface area (Å²) in [6.45, 7) is 12.4. The van der Waals surface area contributed by atoms with Crippen LogP contribution in [0.5, 0.6) is 0 Å². The quantitative estimate of drug-likeness (QED) is 0.468. The molecule has 0 radical (unpaired) electrons. The van der Waals surface area contributed by atoms with E-state index in [0.29, 0.717) is 0 Å². The average Bonchev–Trinajstić information content (AvgIpc) is 2.36. The zero-order valence-corrected chi connectivity index (χ0v) is 15.8. The Morgan fingerprint density at radius 2 is 1.90 bits per heavy atom. The van der Waals surface area contributed by atoms with Gasteiger partial charge < -0.3 is 5.32 Å². The minimum Gasteiger partial charge on any atom is -0.314 e. The van der Waals surface area contributed by atoms with Crippen LogP contribution < -0.4 is 5.32 Å². The van der Waals surface area contributed by atoms with Gasteiger partial charge >= 0.3 is 0 Å². The van der Waals surface area contributed by atoms with Crippen molar-refractivity contribution in [2.45, 2.75) is 26.2 Å². The summed E-state index contributed by atoms with van der Waals surface area (Å²) in [6, 6.07) is 6.73. The van der Waals surface area contributed by atoms with Gasteiger partial charge in [-0.2, -0.15) is 0 Å². The van der Waals surface area contributed by atoms with Gasteiger partial charge in [0.15, 0.2) is 0 Å². The predicted octanol–water partition coefficient (Wildman–Crippen LogP) is 2.93. The first-order valence-electron chi connectivity index (χ1n) is 7.18. The summed E-state index contributed by atoms with van der Waals surface area (Å²) >= 11 is 2.40. The highest BCUT2D eigenvalue weighted by atomic mass is 127. The van der Waals surface area contributed by atoms with E-state index in [0.717, 1.165) is 32.7 Å². The Kier molecular flexibility index (Phi) is 5.67. The van der Waals surface area contributed by atoms with Gasteiger partial charge in [0.25, 0.3) is 0 Å². The largest absolute Gasteiger partial charge is 0.314 e. The second kappa shape index (κ2) is 7.08. The van der Waals surface area contributed by atoms with E-state index in [9.17, 15) is 0 Å². The summed E-state index contributed by atoms with van der Waals surface area (Å²) in [5.74, 6) is 3.38. The van der Waals surface area contributed by atoms with Crippen molar-refractivity contribution in [3.63, 3.8) is 0 Å². The molecule has 0 atom stereocenters. The first kappa shape index (κ1) is 16.0. The Labute approximate surface area is 137 Å². The molecule has 2 nitrogen and oxygen atoms in total. The minimum absolute atomic E-state index is 1.04.